The van der Waals surface area contributed by atoms with Crippen LogP contribution in [0.15, 0.2) is 18.2 Å². The molecular formula is C21H24N4O8. The Bertz CT molecular complexity index is 992. The van der Waals surface area contributed by atoms with Gasteiger partial charge in [0, 0.05) is 26.6 Å². The van der Waals surface area contributed by atoms with Crippen molar-refractivity contribution < 1.29 is 38.2 Å². The predicted molar refractivity (Wildman–Crippen MR) is 111 cm³/mol. The number of methoxy groups -OCH3 is 1. The number of hydrogen-bond donors (Lipinski definition) is 3. The van der Waals surface area contributed by atoms with Crippen molar-refractivity contribution in [3.63, 3.8) is 0 Å². The standard InChI is InChI=1S/C21H24N4O8/c1-32-10-16(27)22-8-3-9-23-17(28)11-33-14-5-2-4-12-18(14)21(31)25(20(12)30)13-6-7-15(26)24-19(13)29/h2,4-5,13H,3,6-11H2,1H3,(H,22,27)(H,23,28)(H,24,26,29). The number of nitrogens with zero attached hydrogens (tertiary/aromatic N) is 1. The fourth-order valence-electron chi connectivity index (χ4n) is 3.52. The normalized spacial score (nSPS) is 17.5. The molecule has 176 valence electrons. The molecule has 33 heavy (non-hydrogen) atoms. The van der Waals surface area contributed by atoms with E-state index in [4.69, 9.17) is 4.74 Å². The van der Waals surface area contributed by atoms with E-state index in [2.05, 4.69) is 20.7 Å². The number of ether oxygens (including phenoxy) is 2. The van der Waals surface area contributed by atoms with Crippen LogP contribution in [-0.2, 0) is 23.9 Å². The van der Waals surface area contributed by atoms with Gasteiger partial charge in [-0.25, -0.2) is 0 Å². The zero-order valence-electron chi connectivity index (χ0n) is 18.0. The number of carbonyl (C=O) groups is 6. The maximum absolute atomic E-state index is 13.0. The van der Waals surface area contributed by atoms with Crippen molar-refractivity contribution >= 4 is 35.4 Å². The van der Waals surface area contributed by atoms with Crippen LogP contribution in [0, 0.1) is 0 Å². The number of imide groups is 2. The molecule has 3 N–H and O–H groups in total. The Kier molecular flexibility index (Phi) is 7.72. The summed E-state index contributed by atoms with van der Waals surface area (Å²) >= 11 is 0. The minimum atomic E-state index is -1.09. The number of piperidine rings is 1. The maximum atomic E-state index is 13.0. The average molecular weight is 460 g/mol. The topological polar surface area (TPSA) is 160 Å². The molecule has 0 spiro atoms. The van der Waals surface area contributed by atoms with Gasteiger partial charge in [0.2, 0.25) is 17.7 Å². The largest absolute Gasteiger partial charge is 0.483 e. The van der Waals surface area contributed by atoms with Crippen molar-refractivity contribution in [2.24, 2.45) is 0 Å². The van der Waals surface area contributed by atoms with Gasteiger partial charge in [-0.05, 0) is 25.0 Å². The minimum absolute atomic E-state index is 0.0173. The first kappa shape index (κ1) is 23.9. The van der Waals surface area contributed by atoms with E-state index in [1.807, 2.05) is 0 Å². The van der Waals surface area contributed by atoms with Crippen molar-refractivity contribution in [3.8, 4) is 5.75 Å². The Morgan fingerprint density at radius 3 is 2.42 bits per heavy atom. The molecule has 2 heterocycles. The second-order valence-corrected chi connectivity index (χ2v) is 7.40. The van der Waals surface area contributed by atoms with Gasteiger partial charge in [0.05, 0.1) is 11.1 Å². The Morgan fingerprint density at radius 1 is 1.06 bits per heavy atom. The van der Waals surface area contributed by atoms with Crippen molar-refractivity contribution in [2.75, 3.05) is 33.4 Å². The fraction of sp³-hybridized carbons (Fsp3) is 0.429. The van der Waals surface area contributed by atoms with Crippen molar-refractivity contribution in [3.05, 3.63) is 29.3 Å². The van der Waals surface area contributed by atoms with E-state index in [1.54, 1.807) is 0 Å². The molecule has 1 aromatic carbocycles. The van der Waals surface area contributed by atoms with Gasteiger partial charge >= 0.3 is 0 Å². The Morgan fingerprint density at radius 2 is 1.76 bits per heavy atom. The molecule has 1 atom stereocenters. The monoisotopic (exact) mass is 460 g/mol. The molecule has 1 saturated heterocycles. The highest BCUT2D eigenvalue weighted by molar-refractivity contribution is 6.24. The summed E-state index contributed by atoms with van der Waals surface area (Å²) in [7, 11) is 1.41. The summed E-state index contributed by atoms with van der Waals surface area (Å²) < 4.78 is 10.2. The second-order valence-electron chi connectivity index (χ2n) is 7.40. The number of carbonyl (C=O) groups excluding carboxylic acids is 6. The summed E-state index contributed by atoms with van der Waals surface area (Å²) in [5.41, 5.74) is 0.0373. The first-order chi connectivity index (χ1) is 15.8. The fourth-order valence-corrected chi connectivity index (χ4v) is 3.52. The quantitative estimate of drug-likeness (QED) is 0.288. The molecule has 3 rings (SSSR count). The van der Waals surface area contributed by atoms with Crippen molar-refractivity contribution in [1.29, 1.82) is 0 Å². The average Bonchev–Trinajstić information content (AvgIpc) is 3.03. The van der Waals surface area contributed by atoms with E-state index in [0.717, 1.165) is 4.90 Å². The van der Waals surface area contributed by atoms with Gasteiger partial charge in [0.1, 0.15) is 18.4 Å². The summed E-state index contributed by atoms with van der Waals surface area (Å²) in [6.45, 7) is 0.224. The van der Waals surface area contributed by atoms with Gasteiger partial charge in [0.15, 0.2) is 6.61 Å². The molecule has 12 heteroatoms. The summed E-state index contributed by atoms with van der Waals surface area (Å²) in [6, 6.07) is 3.31. The Hall–Kier alpha value is -3.80. The Labute approximate surface area is 188 Å². The van der Waals surface area contributed by atoms with Crippen LogP contribution in [0.5, 0.6) is 5.75 Å². The zero-order chi connectivity index (χ0) is 24.0. The van der Waals surface area contributed by atoms with Crippen LogP contribution >= 0.6 is 0 Å². The van der Waals surface area contributed by atoms with Crippen LogP contribution < -0.4 is 20.7 Å². The maximum Gasteiger partial charge on any atom is 0.266 e. The number of rotatable bonds is 10. The van der Waals surface area contributed by atoms with Crippen LogP contribution in [0.2, 0.25) is 0 Å². The van der Waals surface area contributed by atoms with Crippen molar-refractivity contribution in [1.82, 2.24) is 20.9 Å². The summed E-state index contributed by atoms with van der Waals surface area (Å²) in [4.78, 5) is 73.4. The number of fused-ring (bicyclic) bond motifs is 1. The van der Waals surface area contributed by atoms with Gasteiger partial charge in [-0.1, -0.05) is 6.07 Å². The minimum Gasteiger partial charge on any atom is -0.483 e. The molecular weight excluding hydrogens is 436 g/mol. The van der Waals surface area contributed by atoms with Crippen LogP contribution in [0.4, 0.5) is 0 Å². The molecule has 6 amide bonds. The second kappa shape index (κ2) is 10.7. The first-order valence-corrected chi connectivity index (χ1v) is 10.3. The number of hydrogen-bond acceptors (Lipinski definition) is 8. The molecule has 2 aliphatic rings. The third-order valence-electron chi connectivity index (χ3n) is 5.06. The molecule has 12 nitrogen and oxygen atoms in total. The lowest BCUT2D eigenvalue weighted by Gasteiger charge is -2.27. The number of benzene rings is 1. The third-order valence-corrected chi connectivity index (χ3v) is 5.06. The van der Waals surface area contributed by atoms with E-state index < -0.39 is 42.2 Å². The van der Waals surface area contributed by atoms with Crippen molar-refractivity contribution in [2.45, 2.75) is 25.3 Å². The van der Waals surface area contributed by atoms with E-state index in [-0.39, 0.29) is 42.2 Å². The highest BCUT2D eigenvalue weighted by Crippen LogP contribution is 2.33. The molecule has 0 aliphatic carbocycles. The van der Waals surface area contributed by atoms with Gasteiger partial charge in [0.25, 0.3) is 17.7 Å². The van der Waals surface area contributed by atoms with Crippen LogP contribution in [-0.4, -0.2) is 79.8 Å². The molecule has 1 unspecified atom stereocenters. The first-order valence-electron chi connectivity index (χ1n) is 10.3. The predicted octanol–water partition coefficient (Wildman–Crippen LogP) is -1.26. The van der Waals surface area contributed by atoms with Crippen LogP contribution in [0.1, 0.15) is 40.0 Å². The molecule has 0 radical (unpaired) electrons. The summed E-state index contributed by atoms with van der Waals surface area (Å²) in [5.74, 6) is -3.20. The summed E-state index contributed by atoms with van der Waals surface area (Å²) in [5, 5.41) is 7.38. The highest BCUT2D eigenvalue weighted by Gasteiger charge is 2.46. The zero-order valence-corrected chi connectivity index (χ0v) is 18.0. The van der Waals surface area contributed by atoms with E-state index in [1.165, 1.54) is 25.3 Å². The van der Waals surface area contributed by atoms with Gasteiger partial charge in [-0.2, -0.15) is 0 Å². The lowest BCUT2D eigenvalue weighted by Crippen LogP contribution is -2.54. The van der Waals surface area contributed by atoms with E-state index >= 15 is 0 Å². The molecule has 1 aromatic rings. The molecule has 0 bridgehead atoms. The number of nitrogens with one attached hydrogen (secondary N) is 3. The van der Waals surface area contributed by atoms with Gasteiger partial charge < -0.3 is 20.1 Å². The lowest BCUT2D eigenvalue weighted by molar-refractivity contribution is -0.136. The Balaban J connectivity index is 1.55. The molecule has 2 aliphatic heterocycles. The van der Waals surface area contributed by atoms with E-state index in [9.17, 15) is 28.8 Å². The lowest BCUT2D eigenvalue weighted by atomic mass is 10.0. The molecule has 0 saturated carbocycles. The van der Waals surface area contributed by atoms with Gasteiger partial charge in [-0.15, -0.1) is 0 Å². The highest BCUT2D eigenvalue weighted by atomic mass is 16.5. The molecule has 1 fully saturated rings. The van der Waals surface area contributed by atoms with E-state index in [0.29, 0.717) is 19.5 Å². The van der Waals surface area contributed by atoms with Gasteiger partial charge in [-0.3, -0.25) is 39.0 Å². The van der Waals surface area contributed by atoms with Crippen LogP contribution in [0.25, 0.3) is 0 Å². The third kappa shape index (κ3) is 5.52. The number of amides is 6. The smallest absolute Gasteiger partial charge is 0.266 e. The molecule has 0 aromatic heterocycles. The SMILES string of the molecule is COCC(=O)NCCCNC(=O)COc1cccc2c1C(=O)N(C1CCC(=O)NC1=O)C2=O. The van der Waals surface area contributed by atoms with Crippen LogP contribution in [0.3, 0.4) is 0 Å². The summed E-state index contributed by atoms with van der Waals surface area (Å²) in [6.07, 6.45) is 0.555.